The van der Waals surface area contributed by atoms with E-state index in [1.54, 1.807) is 81.0 Å². The molecule has 6 saturated heterocycles. The minimum atomic E-state index is -2.84. The van der Waals surface area contributed by atoms with Crippen molar-refractivity contribution in [2.24, 2.45) is 7.05 Å². The lowest BCUT2D eigenvalue weighted by atomic mass is 10.0. The summed E-state index contributed by atoms with van der Waals surface area (Å²) in [4.78, 5) is 97.1. The van der Waals surface area contributed by atoms with Gasteiger partial charge in [0.25, 0.3) is 17.4 Å². The number of aromatic amines is 1. The number of aromatic nitrogens is 11. The van der Waals surface area contributed by atoms with Crippen LogP contribution in [0.1, 0.15) is 158 Å². The van der Waals surface area contributed by atoms with Crippen LogP contribution in [-0.4, -0.2) is 222 Å². The number of morpholine rings is 6. The normalized spacial score (nSPS) is 18.4. The monoisotopic (exact) mass is 2120 g/mol. The van der Waals surface area contributed by atoms with Gasteiger partial charge in [-0.3, -0.25) is 34.2 Å². The second kappa shape index (κ2) is 50.8. The molecule has 6 atom stereocenters. The molecule has 748 valence electrons. The molecule has 6 fully saturated rings. The van der Waals surface area contributed by atoms with Crippen molar-refractivity contribution in [2.75, 3.05) is 123 Å². The number of thiazole rings is 4. The average molecular weight is 2120 g/mol. The Morgan fingerprint density at radius 2 is 1.10 bits per heavy atom. The maximum absolute atomic E-state index is 12.8. The van der Waals surface area contributed by atoms with Crippen molar-refractivity contribution >= 4 is 108 Å². The molecule has 39 heteroatoms. The second-order valence-electron chi connectivity index (χ2n) is 34.8. The van der Waals surface area contributed by atoms with Crippen LogP contribution in [0.15, 0.2) is 224 Å². The van der Waals surface area contributed by atoms with Crippen LogP contribution < -0.4 is 19.9 Å². The van der Waals surface area contributed by atoms with Gasteiger partial charge in [0.1, 0.15) is 84.5 Å². The molecule has 6 unspecified atom stereocenters. The molecule has 6 aliphatic heterocycles. The highest BCUT2D eigenvalue weighted by Crippen LogP contribution is 2.37. The molecule has 0 aliphatic carbocycles. The number of benzene rings is 5. The number of anilines is 1. The number of nitrogens with one attached hydrogen (secondary N) is 1. The Morgan fingerprint density at radius 1 is 0.503 bits per heavy atom. The molecular weight excluding hydrogens is 2010 g/mol. The highest BCUT2D eigenvalue weighted by atomic mass is 79.9. The van der Waals surface area contributed by atoms with Crippen molar-refractivity contribution in [3.05, 3.63) is 332 Å². The number of alkyl halides is 2. The molecule has 10 aromatic heterocycles. The van der Waals surface area contributed by atoms with Crippen molar-refractivity contribution in [1.82, 2.24) is 79.3 Å². The predicted molar refractivity (Wildman–Crippen MR) is 553 cm³/mol. The molecule has 30 nitrogen and oxygen atoms in total. The highest BCUT2D eigenvalue weighted by Gasteiger charge is 2.34. The summed E-state index contributed by atoms with van der Waals surface area (Å²) in [6.45, 7) is 27.7. The van der Waals surface area contributed by atoms with E-state index in [2.05, 4.69) is 171 Å². The van der Waals surface area contributed by atoms with Crippen LogP contribution in [0.2, 0.25) is 0 Å². The molecule has 0 spiro atoms. The number of hydrogen-bond acceptors (Lipinski definition) is 32. The minimum Gasteiger partial charge on any atom is -0.433 e. The number of thiophene rings is 2. The third-order valence-corrected chi connectivity index (χ3v) is 30.1. The molecule has 0 saturated carbocycles. The van der Waals surface area contributed by atoms with Gasteiger partial charge in [-0.05, 0) is 156 Å². The molecule has 6 aliphatic rings. The number of amides is 2. The zero-order valence-corrected chi connectivity index (χ0v) is 87.1. The molecule has 2 amide bonds. The fourth-order valence-electron chi connectivity index (χ4n) is 16.4. The summed E-state index contributed by atoms with van der Waals surface area (Å²) < 4.78 is 77.2. The average Bonchev–Trinajstić information content (AvgIpc) is 1.60. The summed E-state index contributed by atoms with van der Waals surface area (Å²) in [5, 5.41) is 21.1. The maximum atomic E-state index is 12.8. The van der Waals surface area contributed by atoms with Gasteiger partial charge in [-0.15, -0.1) is 68.0 Å². The van der Waals surface area contributed by atoms with E-state index >= 15 is 0 Å². The smallest absolute Gasteiger partial charge is 0.387 e. The van der Waals surface area contributed by atoms with Gasteiger partial charge in [-0.1, -0.05) is 124 Å². The van der Waals surface area contributed by atoms with Crippen LogP contribution in [0.5, 0.6) is 11.5 Å². The Hall–Kier alpha value is -11.6. The molecule has 143 heavy (non-hydrogen) atoms. The first-order chi connectivity index (χ1) is 69.3. The highest BCUT2D eigenvalue weighted by molar-refractivity contribution is 9.10. The lowest BCUT2D eigenvalue weighted by Gasteiger charge is -2.34. The van der Waals surface area contributed by atoms with Gasteiger partial charge < -0.3 is 61.7 Å². The molecule has 5 aromatic carbocycles. The first-order valence-corrected chi connectivity index (χ1v) is 52.8. The van der Waals surface area contributed by atoms with E-state index in [0.29, 0.717) is 112 Å². The van der Waals surface area contributed by atoms with Crippen LogP contribution in [0.4, 0.5) is 14.6 Å². The number of esters is 1. The van der Waals surface area contributed by atoms with Crippen molar-refractivity contribution in [3.63, 3.8) is 0 Å². The Balaban J connectivity index is 0.000000124. The number of carbonyl (C=O) groups excluding carboxylic acids is 3. The van der Waals surface area contributed by atoms with E-state index in [1.807, 2.05) is 138 Å². The summed E-state index contributed by atoms with van der Waals surface area (Å²) in [5.74, 6) is 3.57. The number of pyridine rings is 2. The molecule has 0 radical (unpaired) electrons. The fraction of sp³-hybridized carbons (Fsp3) is 0.356. The standard InChI is InChI=1S/C22H24N2OS.C22H21NO4S2.C17H18N4O2S.C16H15BrF2N2O2.C15H19N3O2S.C12H15N5O2S/c1-16-8-9-17(2)19(12-16)20-15-26-22(23-20)21-14-24(10-11-25-21)13-18-6-4-3-5-7-18;1-14-6-8-19(28-14)21(24)23-10-11-26-18(13-23)16-4-3-5-17(12-16)27-22(25)20-9-7-15(2)29-20;1-12-18-16(23-20-12)10-21-7-8-22-15(9-21)17-19-14(11-24-17)13-5-3-2-4-6-13;17-12-3-1-11(2-4-12)14-10-21(7-8-22-14)15-6-5-13(9-20-15)23-16(18)19;1-11-10-21-15(16-11)13-9-18(5-6-20-13)8-12-3-4-17(2)14(19)7-12;1-7-14-11(16-15-7)9-6-17(3-4-19-9)12(18)10-5-13-8(2)20-10/h3-9,12,15,21H,10-11,13-14H2,1-2H3;3-9,12,18H,10-11,13H2,1-2H3;2-6,11,15H,7-10H2,1H3;1-6,9,14,16H,7-8,10H2;3-4,7,10,13H,5-6,8-9H2,1-2H3;5,9H,3-4,6H2,1-2H3,(H,14,15,16). The van der Waals surface area contributed by atoms with Crippen LogP contribution in [-0.2, 0) is 55.1 Å². The predicted octanol–water partition coefficient (Wildman–Crippen LogP) is 19.8. The fourth-order valence-corrected chi connectivity index (χ4v) is 21.6. The van der Waals surface area contributed by atoms with Gasteiger partial charge in [-0.2, -0.15) is 18.9 Å². The zero-order chi connectivity index (χ0) is 99.8. The number of ether oxygens (including phenoxy) is 8. The van der Waals surface area contributed by atoms with Gasteiger partial charge in [0.2, 0.25) is 5.89 Å². The van der Waals surface area contributed by atoms with Crippen molar-refractivity contribution in [2.45, 2.75) is 118 Å². The Labute approximate surface area is 860 Å². The Bertz CT molecular complexity index is 6700. The number of aryl methyl sites for hydroxylation is 9. The van der Waals surface area contributed by atoms with E-state index in [-0.39, 0.29) is 65.7 Å². The summed E-state index contributed by atoms with van der Waals surface area (Å²) in [6, 6.07) is 57.1. The van der Waals surface area contributed by atoms with Gasteiger partial charge in [0.15, 0.2) is 11.6 Å². The Kier molecular flexibility index (Phi) is 37.0. The number of halogens is 3. The number of rotatable bonds is 21. The summed E-state index contributed by atoms with van der Waals surface area (Å²) in [6.07, 6.45) is 4.29. The van der Waals surface area contributed by atoms with E-state index in [9.17, 15) is 28.0 Å². The van der Waals surface area contributed by atoms with Crippen LogP contribution in [0.25, 0.3) is 22.5 Å². The third-order valence-electron chi connectivity index (χ3n) is 23.8. The number of H-pyrrole nitrogens is 1. The number of hydrogen-bond donors (Lipinski definition) is 1. The molecule has 21 rings (SSSR count). The van der Waals surface area contributed by atoms with E-state index < -0.39 is 6.61 Å². The summed E-state index contributed by atoms with van der Waals surface area (Å²) in [5.41, 5.74) is 12.4. The van der Waals surface area contributed by atoms with Crippen molar-refractivity contribution in [3.8, 4) is 34.0 Å². The van der Waals surface area contributed by atoms with Crippen molar-refractivity contribution < 1.29 is 65.6 Å². The quantitative estimate of drug-likeness (QED) is 0.0516. The maximum Gasteiger partial charge on any atom is 0.387 e. The van der Waals surface area contributed by atoms with Crippen LogP contribution in [0, 0.1) is 55.4 Å². The molecule has 16 heterocycles. The van der Waals surface area contributed by atoms with Crippen LogP contribution >= 0.6 is 84.0 Å². The van der Waals surface area contributed by atoms with Gasteiger partial charge in [-0.25, -0.2) is 34.7 Å². The minimum absolute atomic E-state index is 0.00356. The van der Waals surface area contributed by atoms with E-state index in [4.69, 9.17) is 47.6 Å². The number of carbonyl (C=O) groups is 3. The van der Waals surface area contributed by atoms with E-state index in [1.165, 1.54) is 68.5 Å². The van der Waals surface area contributed by atoms with Gasteiger partial charge in [0.05, 0.1) is 92.9 Å². The summed E-state index contributed by atoms with van der Waals surface area (Å²) in [7, 11) is 1.77. The first kappa shape index (κ1) is 104. The third kappa shape index (κ3) is 29.8. The Morgan fingerprint density at radius 3 is 1.70 bits per heavy atom. The largest absolute Gasteiger partial charge is 0.433 e. The summed E-state index contributed by atoms with van der Waals surface area (Å²) >= 11 is 12.8. The van der Waals surface area contributed by atoms with Crippen LogP contribution in [0.3, 0.4) is 0 Å². The van der Waals surface area contributed by atoms with Crippen molar-refractivity contribution in [1.29, 1.82) is 0 Å². The molecule has 0 bridgehead atoms. The van der Waals surface area contributed by atoms with Gasteiger partial charge >= 0.3 is 12.6 Å². The first-order valence-electron chi connectivity index (χ1n) is 46.9. The molecule has 1 N–H and O–H groups in total. The lowest BCUT2D eigenvalue weighted by molar-refractivity contribution is -0.0501. The molecular formula is C104H112BrF2N17O13S6. The topological polar surface area (TPSA) is 311 Å². The molecule has 15 aromatic rings. The van der Waals surface area contributed by atoms with E-state index in [0.717, 1.165) is 149 Å². The zero-order valence-electron chi connectivity index (χ0n) is 80.6. The van der Waals surface area contributed by atoms with Gasteiger partial charge in [0, 0.05) is 145 Å². The lowest BCUT2D eigenvalue weighted by Crippen LogP contribution is -2.42. The number of nitrogens with zero attached hydrogens (tertiary/aromatic N) is 16. The SMILES string of the molecule is Cc1ccc(C(=O)Oc2cccc(C3CN(C(=O)c4ccc(C)s4)CCO3)c2)s1.Cc1ccc(C)c(-c2csc(C3CN(Cc4ccccc4)CCO3)n2)c1.Cc1csc(C2CN(Cc3ccn(C)c(=O)c3)CCO2)n1.Cc1nc(C2CN(C(=O)c3cnc(C)s3)CCO2)n[nH]1.Cc1noc(CN2CCOC(c3nc(-c4ccccc4)cs3)C2)n1.FC(F)Oc1ccc(N2CCOC(c3ccc(Br)cc3)C2)nc1. The second-order valence-corrected chi connectivity index (χ2v) is 42.2.